The minimum absolute atomic E-state index is 0.0607. The number of amides is 1. The fraction of sp³-hybridized carbons (Fsp3) is 0.240. The van der Waals surface area contributed by atoms with Crippen LogP contribution in [0.15, 0.2) is 82.6 Å². The Bertz CT molecular complexity index is 1410. The molecule has 3 rings (SSSR count). The Morgan fingerprint density at radius 1 is 0.943 bits per heavy atom. The molecule has 1 unspecified atom stereocenters. The zero-order valence-corrected chi connectivity index (χ0v) is 22.0. The molecule has 3 aromatic carbocycles. The van der Waals surface area contributed by atoms with E-state index in [1.807, 2.05) is 6.92 Å². The second kappa shape index (κ2) is 10.8. The maximum atomic E-state index is 13.5. The van der Waals surface area contributed by atoms with Crippen molar-refractivity contribution < 1.29 is 21.6 Å². The van der Waals surface area contributed by atoms with E-state index < -0.39 is 38.4 Å². The molecular formula is C25H27ClN2O5S2. The maximum absolute atomic E-state index is 13.5. The molecule has 0 spiro atoms. The molecule has 0 aliphatic carbocycles. The molecule has 0 aliphatic heterocycles. The van der Waals surface area contributed by atoms with Crippen molar-refractivity contribution in [2.45, 2.75) is 36.1 Å². The van der Waals surface area contributed by atoms with Crippen LogP contribution in [0.4, 0.5) is 5.69 Å². The monoisotopic (exact) mass is 534 g/mol. The summed E-state index contributed by atoms with van der Waals surface area (Å²) in [6.07, 6.45) is 1.65. The predicted octanol–water partition coefficient (Wildman–Crippen LogP) is 4.51. The van der Waals surface area contributed by atoms with Crippen LogP contribution in [0.2, 0.25) is 5.02 Å². The first-order chi connectivity index (χ1) is 16.4. The molecule has 10 heteroatoms. The lowest BCUT2D eigenvalue weighted by molar-refractivity contribution is -0.120. The van der Waals surface area contributed by atoms with Crippen LogP contribution in [-0.2, 0) is 24.7 Å². The summed E-state index contributed by atoms with van der Waals surface area (Å²) in [5.74, 6) is -0.502. The molecule has 1 atom stereocenters. The van der Waals surface area contributed by atoms with Crippen LogP contribution in [0.5, 0.6) is 0 Å². The number of carbonyl (C=O) groups excluding carboxylic acids is 1. The summed E-state index contributed by atoms with van der Waals surface area (Å²) in [6, 6.07) is 18.5. The van der Waals surface area contributed by atoms with E-state index in [0.29, 0.717) is 28.3 Å². The molecule has 0 bridgehead atoms. The Kier molecular flexibility index (Phi) is 8.25. The van der Waals surface area contributed by atoms with Gasteiger partial charge in [-0.05, 0) is 66.9 Å². The number of anilines is 1. The summed E-state index contributed by atoms with van der Waals surface area (Å²) in [5, 5.41) is 3.33. The molecule has 35 heavy (non-hydrogen) atoms. The van der Waals surface area contributed by atoms with Gasteiger partial charge in [0, 0.05) is 11.3 Å². The van der Waals surface area contributed by atoms with Gasteiger partial charge in [0.05, 0.1) is 21.5 Å². The minimum Gasteiger partial charge on any atom is -0.348 e. The second-order valence-corrected chi connectivity index (χ2v) is 12.4. The number of rotatable bonds is 9. The average Bonchev–Trinajstić information content (AvgIpc) is 2.81. The smallest absolute Gasteiger partial charge is 0.264 e. The lowest BCUT2D eigenvalue weighted by Crippen LogP contribution is -2.42. The molecule has 1 amide bonds. The summed E-state index contributed by atoms with van der Waals surface area (Å²) in [5.41, 5.74) is 1.67. The first-order valence-electron chi connectivity index (χ1n) is 10.9. The van der Waals surface area contributed by atoms with E-state index >= 15 is 0 Å². The highest BCUT2D eigenvalue weighted by Crippen LogP contribution is 2.29. The third-order valence-corrected chi connectivity index (χ3v) is 8.64. The molecule has 0 heterocycles. The standard InChI is InChI=1S/C25H27ClN2O5S2/c1-4-23(19-10-13-21(14-11-19)34(3,30)31)27-25(29)17-28(24-15-12-20(26)16-18(24)2)35(32,33)22-8-6-5-7-9-22/h5-16,23H,4,17H2,1-3H3,(H,27,29). The van der Waals surface area contributed by atoms with Crippen molar-refractivity contribution in [3.63, 3.8) is 0 Å². The predicted molar refractivity (Wildman–Crippen MR) is 138 cm³/mol. The van der Waals surface area contributed by atoms with Gasteiger partial charge >= 0.3 is 0 Å². The van der Waals surface area contributed by atoms with Gasteiger partial charge in [-0.2, -0.15) is 0 Å². The van der Waals surface area contributed by atoms with E-state index in [1.165, 1.54) is 24.3 Å². The van der Waals surface area contributed by atoms with Crippen molar-refractivity contribution in [2.75, 3.05) is 17.1 Å². The Hall–Kier alpha value is -2.88. The van der Waals surface area contributed by atoms with Crippen molar-refractivity contribution in [2.24, 2.45) is 0 Å². The Morgan fingerprint density at radius 2 is 1.57 bits per heavy atom. The van der Waals surface area contributed by atoms with Crippen LogP contribution in [0, 0.1) is 6.92 Å². The summed E-state index contributed by atoms with van der Waals surface area (Å²) >= 11 is 6.07. The van der Waals surface area contributed by atoms with Gasteiger partial charge in [-0.15, -0.1) is 0 Å². The van der Waals surface area contributed by atoms with Crippen LogP contribution >= 0.6 is 11.6 Å². The molecule has 3 aromatic rings. The fourth-order valence-corrected chi connectivity index (χ4v) is 6.02. The summed E-state index contributed by atoms with van der Waals surface area (Å²) < 4.78 is 51.6. The van der Waals surface area contributed by atoms with E-state index in [-0.39, 0.29) is 9.79 Å². The number of carbonyl (C=O) groups is 1. The molecule has 0 saturated heterocycles. The molecule has 0 saturated carbocycles. The van der Waals surface area contributed by atoms with Gasteiger partial charge < -0.3 is 5.32 Å². The number of benzene rings is 3. The number of sulfonamides is 1. The van der Waals surface area contributed by atoms with Gasteiger partial charge in [-0.3, -0.25) is 9.10 Å². The lowest BCUT2D eigenvalue weighted by Gasteiger charge is -2.27. The van der Waals surface area contributed by atoms with Crippen molar-refractivity contribution in [3.05, 3.63) is 88.9 Å². The number of aryl methyl sites for hydroxylation is 1. The van der Waals surface area contributed by atoms with Crippen LogP contribution < -0.4 is 9.62 Å². The Morgan fingerprint density at radius 3 is 2.11 bits per heavy atom. The van der Waals surface area contributed by atoms with E-state index in [1.54, 1.807) is 55.5 Å². The third kappa shape index (κ3) is 6.42. The van der Waals surface area contributed by atoms with Crippen LogP contribution in [-0.4, -0.2) is 35.5 Å². The van der Waals surface area contributed by atoms with Crippen LogP contribution in [0.3, 0.4) is 0 Å². The molecular weight excluding hydrogens is 508 g/mol. The number of hydrogen-bond donors (Lipinski definition) is 1. The Balaban J connectivity index is 1.91. The molecule has 1 N–H and O–H groups in total. The highest BCUT2D eigenvalue weighted by atomic mass is 35.5. The number of sulfone groups is 1. The van der Waals surface area contributed by atoms with Gasteiger partial charge in [0.1, 0.15) is 6.54 Å². The molecule has 7 nitrogen and oxygen atoms in total. The number of nitrogens with one attached hydrogen (secondary N) is 1. The first-order valence-corrected chi connectivity index (χ1v) is 14.6. The highest BCUT2D eigenvalue weighted by Gasteiger charge is 2.29. The fourth-order valence-electron chi connectivity index (χ4n) is 3.66. The van der Waals surface area contributed by atoms with Crippen LogP contribution in [0.1, 0.15) is 30.5 Å². The van der Waals surface area contributed by atoms with Crippen molar-refractivity contribution >= 4 is 43.1 Å². The molecule has 0 fully saturated rings. The zero-order chi connectivity index (χ0) is 25.8. The van der Waals surface area contributed by atoms with Crippen LogP contribution in [0.25, 0.3) is 0 Å². The average molecular weight is 535 g/mol. The highest BCUT2D eigenvalue weighted by molar-refractivity contribution is 7.93. The van der Waals surface area contributed by atoms with E-state index in [9.17, 15) is 21.6 Å². The number of hydrogen-bond acceptors (Lipinski definition) is 5. The largest absolute Gasteiger partial charge is 0.348 e. The number of nitrogens with zero attached hydrogens (tertiary/aromatic N) is 1. The summed E-state index contributed by atoms with van der Waals surface area (Å²) in [7, 11) is -7.39. The molecule has 186 valence electrons. The quantitative estimate of drug-likeness (QED) is 0.435. The topological polar surface area (TPSA) is 101 Å². The van der Waals surface area contributed by atoms with Gasteiger partial charge in [-0.1, -0.05) is 48.9 Å². The van der Waals surface area contributed by atoms with Crippen molar-refractivity contribution in [1.82, 2.24) is 5.32 Å². The van der Waals surface area contributed by atoms with Gasteiger partial charge in [0.2, 0.25) is 5.91 Å². The molecule has 0 radical (unpaired) electrons. The van der Waals surface area contributed by atoms with Gasteiger partial charge in [-0.25, -0.2) is 16.8 Å². The van der Waals surface area contributed by atoms with Gasteiger partial charge in [0.25, 0.3) is 10.0 Å². The Labute approximate surface area is 211 Å². The SMILES string of the molecule is CCC(NC(=O)CN(c1ccc(Cl)cc1C)S(=O)(=O)c1ccccc1)c1ccc(S(C)(=O)=O)cc1. The number of halogens is 1. The summed E-state index contributed by atoms with van der Waals surface area (Å²) in [6.45, 7) is 3.15. The molecule has 0 aliphatic rings. The first kappa shape index (κ1) is 26.7. The molecule has 0 aromatic heterocycles. The normalized spacial score (nSPS) is 12.7. The van der Waals surface area contributed by atoms with E-state index in [2.05, 4.69) is 5.32 Å². The van der Waals surface area contributed by atoms with E-state index in [4.69, 9.17) is 11.6 Å². The zero-order valence-electron chi connectivity index (χ0n) is 19.6. The minimum atomic E-state index is -4.05. The van der Waals surface area contributed by atoms with Gasteiger partial charge in [0.15, 0.2) is 9.84 Å². The summed E-state index contributed by atoms with van der Waals surface area (Å²) in [4.78, 5) is 13.4. The maximum Gasteiger partial charge on any atom is 0.264 e. The van der Waals surface area contributed by atoms with Crippen molar-refractivity contribution in [1.29, 1.82) is 0 Å². The van der Waals surface area contributed by atoms with Crippen molar-refractivity contribution in [3.8, 4) is 0 Å². The third-order valence-electron chi connectivity index (χ3n) is 5.50. The lowest BCUT2D eigenvalue weighted by atomic mass is 10.0. The van der Waals surface area contributed by atoms with E-state index in [0.717, 1.165) is 10.6 Å². The second-order valence-electron chi connectivity index (χ2n) is 8.13.